The number of primary sulfonamides is 1. The van der Waals surface area contributed by atoms with Crippen LogP contribution < -0.4 is 10.5 Å². The SMILES string of the molecule is Cc1cccc(-n2ncc(C(=O)NCCc3ccc(S(N)(=O)=O)cc3)c2C)c1. The zero-order valence-corrected chi connectivity index (χ0v) is 16.5. The van der Waals surface area contributed by atoms with Gasteiger partial charge in [-0.15, -0.1) is 0 Å². The monoisotopic (exact) mass is 398 g/mol. The van der Waals surface area contributed by atoms with Crippen molar-refractivity contribution >= 4 is 15.9 Å². The Kier molecular flexibility index (Phi) is 5.62. The fourth-order valence-corrected chi connectivity index (χ4v) is 3.43. The molecule has 3 rings (SSSR count). The molecule has 28 heavy (non-hydrogen) atoms. The number of aryl methyl sites for hydroxylation is 1. The average Bonchev–Trinajstić information content (AvgIpc) is 3.03. The van der Waals surface area contributed by atoms with Crippen LogP contribution in [0, 0.1) is 13.8 Å². The molecule has 3 aromatic rings. The van der Waals surface area contributed by atoms with E-state index >= 15 is 0 Å². The summed E-state index contributed by atoms with van der Waals surface area (Å²) in [6.45, 7) is 4.28. The molecule has 1 aromatic heterocycles. The normalized spacial score (nSPS) is 11.4. The van der Waals surface area contributed by atoms with Gasteiger partial charge >= 0.3 is 0 Å². The van der Waals surface area contributed by atoms with Crippen LogP contribution in [0.15, 0.2) is 59.6 Å². The van der Waals surface area contributed by atoms with Crippen molar-refractivity contribution in [2.75, 3.05) is 6.54 Å². The van der Waals surface area contributed by atoms with E-state index in [1.165, 1.54) is 12.1 Å². The van der Waals surface area contributed by atoms with E-state index in [-0.39, 0.29) is 10.8 Å². The van der Waals surface area contributed by atoms with Gasteiger partial charge in [-0.1, -0.05) is 24.3 Å². The lowest BCUT2D eigenvalue weighted by Crippen LogP contribution is -2.26. The highest BCUT2D eigenvalue weighted by atomic mass is 32.2. The summed E-state index contributed by atoms with van der Waals surface area (Å²) in [6.07, 6.45) is 2.13. The third kappa shape index (κ3) is 4.47. The van der Waals surface area contributed by atoms with E-state index in [0.717, 1.165) is 22.5 Å². The summed E-state index contributed by atoms with van der Waals surface area (Å²) in [6, 6.07) is 14.2. The number of carbonyl (C=O) groups excluding carboxylic acids is 1. The van der Waals surface area contributed by atoms with Gasteiger partial charge in [0.05, 0.1) is 28.0 Å². The van der Waals surface area contributed by atoms with Crippen LogP contribution in [0.4, 0.5) is 0 Å². The Labute approximate surface area is 164 Å². The van der Waals surface area contributed by atoms with Gasteiger partial charge in [-0.25, -0.2) is 18.2 Å². The van der Waals surface area contributed by atoms with Crippen LogP contribution in [0.5, 0.6) is 0 Å². The van der Waals surface area contributed by atoms with Gasteiger partial charge in [-0.2, -0.15) is 5.10 Å². The molecule has 146 valence electrons. The number of carbonyl (C=O) groups is 1. The molecule has 0 atom stereocenters. The molecule has 0 bridgehead atoms. The van der Waals surface area contributed by atoms with Gasteiger partial charge in [0.1, 0.15) is 0 Å². The lowest BCUT2D eigenvalue weighted by molar-refractivity contribution is 0.0953. The number of nitrogens with two attached hydrogens (primary N) is 1. The van der Waals surface area contributed by atoms with Crippen molar-refractivity contribution in [3.8, 4) is 5.69 Å². The minimum absolute atomic E-state index is 0.0690. The van der Waals surface area contributed by atoms with Crippen LogP contribution in [0.25, 0.3) is 5.69 Å². The van der Waals surface area contributed by atoms with Gasteiger partial charge in [-0.3, -0.25) is 4.79 Å². The summed E-state index contributed by atoms with van der Waals surface area (Å²) in [7, 11) is -3.70. The minimum atomic E-state index is -3.70. The highest BCUT2D eigenvalue weighted by Crippen LogP contribution is 2.15. The van der Waals surface area contributed by atoms with Crippen molar-refractivity contribution < 1.29 is 13.2 Å². The Hall–Kier alpha value is -2.97. The van der Waals surface area contributed by atoms with Gasteiger partial charge in [0.25, 0.3) is 5.91 Å². The smallest absolute Gasteiger partial charge is 0.254 e. The lowest BCUT2D eigenvalue weighted by atomic mass is 10.1. The number of nitrogens with zero attached hydrogens (tertiary/aromatic N) is 2. The van der Waals surface area contributed by atoms with Gasteiger partial charge in [-0.05, 0) is 55.7 Å². The third-order valence-electron chi connectivity index (χ3n) is 4.45. The summed E-state index contributed by atoms with van der Waals surface area (Å²) in [5, 5.41) is 12.3. The first-order valence-corrected chi connectivity index (χ1v) is 10.3. The van der Waals surface area contributed by atoms with E-state index in [2.05, 4.69) is 10.4 Å². The number of hydrogen-bond acceptors (Lipinski definition) is 4. The van der Waals surface area contributed by atoms with Crippen molar-refractivity contribution in [2.45, 2.75) is 25.2 Å². The summed E-state index contributed by atoms with van der Waals surface area (Å²) < 4.78 is 24.3. The number of rotatable bonds is 6. The van der Waals surface area contributed by atoms with E-state index in [0.29, 0.717) is 18.5 Å². The number of benzene rings is 2. The molecule has 0 aliphatic rings. The molecular weight excluding hydrogens is 376 g/mol. The van der Waals surface area contributed by atoms with E-state index in [1.807, 2.05) is 38.1 Å². The fourth-order valence-electron chi connectivity index (χ4n) is 2.91. The number of hydrogen-bond donors (Lipinski definition) is 2. The molecule has 0 spiro atoms. The largest absolute Gasteiger partial charge is 0.352 e. The number of sulfonamides is 1. The molecule has 0 aliphatic heterocycles. The second-order valence-corrected chi connectivity index (χ2v) is 8.15. The Morgan fingerprint density at radius 1 is 1.14 bits per heavy atom. The maximum absolute atomic E-state index is 12.5. The molecule has 0 saturated carbocycles. The van der Waals surface area contributed by atoms with Crippen LogP contribution in [0.3, 0.4) is 0 Å². The molecule has 0 radical (unpaired) electrons. The van der Waals surface area contributed by atoms with Gasteiger partial charge in [0.2, 0.25) is 10.0 Å². The Balaban J connectivity index is 1.63. The summed E-state index contributed by atoms with van der Waals surface area (Å²) in [4.78, 5) is 12.6. The van der Waals surface area contributed by atoms with E-state index in [4.69, 9.17) is 5.14 Å². The van der Waals surface area contributed by atoms with Crippen LogP contribution in [0.1, 0.15) is 27.2 Å². The molecule has 0 saturated heterocycles. The predicted octanol–water partition coefficient (Wildman–Crippen LogP) is 2.11. The molecule has 3 N–H and O–H groups in total. The van der Waals surface area contributed by atoms with Crippen LogP contribution in [0.2, 0.25) is 0 Å². The number of nitrogens with one attached hydrogen (secondary N) is 1. The zero-order valence-electron chi connectivity index (χ0n) is 15.7. The van der Waals surface area contributed by atoms with Crippen molar-refractivity contribution in [1.29, 1.82) is 0 Å². The zero-order chi connectivity index (χ0) is 20.3. The van der Waals surface area contributed by atoms with Gasteiger partial charge in [0.15, 0.2) is 0 Å². The lowest BCUT2D eigenvalue weighted by Gasteiger charge is -2.08. The summed E-state index contributed by atoms with van der Waals surface area (Å²) >= 11 is 0. The molecule has 0 unspecified atom stereocenters. The molecule has 1 heterocycles. The second kappa shape index (κ2) is 7.95. The summed E-state index contributed by atoms with van der Waals surface area (Å²) in [5.74, 6) is -0.197. The van der Waals surface area contributed by atoms with Crippen molar-refractivity contribution in [3.05, 3.63) is 77.1 Å². The molecule has 0 fully saturated rings. The van der Waals surface area contributed by atoms with E-state index < -0.39 is 10.0 Å². The Morgan fingerprint density at radius 3 is 2.50 bits per heavy atom. The van der Waals surface area contributed by atoms with Crippen molar-refractivity contribution in [2.24, 2.45) is 5.14 Å². The third-order valence-corrected chi connectivity index (χ3v) is 5.38. The molecular formula is C20H22N4O3S. The Bertz CT molecular complexity index is 1100. The van der Waals surface area contributed by atoms with Crippen molar-refractivity contribution in [3.63, 3.8) is 0 Å². The van der Waals surface area contributed by atoms with Crippen LogP contribution >= 0.6 is 0 Å². The van der Waals surface area contributed by atoms with E-state index in [1.54, 1.807) is 23.0 Å². The highest BCUT2D eigenvalue weighted by molar-refractivity contribution is 7.89. The maximum Gasteiger partial charge on any atom is 0.254 e. The first-order chi connectivity index (χ1) is 13.3. The second-order valence-electron chi connectivity index (χ2n) is 6.59. The number of amides is 1. The average molecular weight is 398 g/mol. The van der Waals surface area contributed by atoms with Crippen molar-refractivity contribution in [1.82, 2.24) is 15.1 Å². The number of aromatic nitrogens is 2. The molecule has 7 nitrogen and oxygen atoms in total. The predicted molar refractivity (Wildman–Crippen MR) is 107 cm³/mol. The first-order valence-electron chi connectivity index (χ1n) is 8.77. The Morgan fingerprint density at radius 2 is 1.86 bits per heavy atom. The van der Waals surface area contributed by atoms with Crippen LogP contribution in [-0.2, 0) is 16.4 Å². The first kappa shape index (κ1) is 19.8. The molecule has 8 heteroatoms. The quantitative estimate of drug-likeness (QED) is 0.663. The molecule has 0 aliphatic carbocycles. The maximum atomic E-state index is 12.5. The highest BCUT2D eigenvalue weighted by Gasteiger charge is 2.15. The minimum Gasteiger partial charge on any atom is -0.352 e. The standard InChI is InChI=1S/C20H22N4O3S/c1-14-4-3-5-17(12-14)24-15(2)19(13-23-24)20(25)22-11-10-16-6-8-18(9-7-16)28(21,26)27/h3-9,12-13H,10-11H2,1-2H3,(H,22,25)(H2,21,26,27). The molecule has 1 amide bonds. The summed E-state index contributed by atoms with van der Waals surface area (Å²) in [5.41, 5.74) is 4.21. The topological polar surface area (TPSA) is 107 Å². The van der Waals surface area contributed by atoms with Crippen LogP contribution in [-0.4, -0.2) is 30.7 Å². The van der Waals surface area contributed by atoms with Gasteiger partial charge in [0, 0.05) is 6.54 Å². The fraction of sp³-hybridized carbons (Fsp3) is 0.200. The molecule has 2 aromatic carbocycles. The van der Waals surface area contributed by atoms with Gasteiger partial charge < -0.3 is 5.32 Å². The van der Waals surface area contributed by atoms with E-state index in [9.17, 15) is 13.2 Å².